The number of phenolic OH excluding ortho intramolecular Hbond substituents is 2. The Morgan fingerprint density at radius 1 is 1.04 bits per heavy atom. The third-order valence-corrected chi connectivity index (χ3v) is 5.90. The smallest absolute Gasteiger partial charge is 0.202 e. The van der Waals surface area contributed by atoms with E-state index in [0.29, 0.717) is 5.56 Å². The van der Waals surface area contributed by atoms with Gasteiger partial charge in [0.05, 0.1) is 35.5 Å². The minimum atomic E-state index is -1.49. The monoisotopic (exact) mass is 384 g/mol. The Hall–Kier alpha value is -2.90. The number of carbonyl (C=O) groups excluding carboxylic acids is 2. The molecule has 0 spiro atoms. The number of aliphatic hydroxyl groups excluding tert-OH is 1. The van der Waals surface area contributed by atoms with E-state index < -0.39 is 29.0 Å². The van der Waals surface area contributed by atoms with E-state index in [-0.39, 0.29) is 58.6 Å². The standard InChI is InChI=1S/C21H20O7/c1-9(22)21(27)7-6-10-12(8-21)19(25)15-16(17(10)23)20(26)14-11(18(15)24)4-3-5-13(14)28-2/h3-5,9,22-23,25,27H,6-8H2,1-2H3/t9?,21-/m0/s1. The lowest BCUT2D eigenvalue weighted by atomic mass is 9.73. The average Bonchev–Trinajstić information content (AvgIpc) is 2.68. The molecule has 7 nitrogen and oxygen atoms in total. The molecule has 0 saturated heterocycles. The number of carbonyl (C=O) groups is 2. The van der Waals surface area contributed by atoms with Gasteiger partial charge in [0, 0.05) is 23.1 Å². The molecule has 2 aromatic carbocycles. The Balaban J connectivity index is 1.99. The molecule has 4 rings (SSSR count). The summed E-state index contributed by atoms with van der Waals surface area (Å²) in [6.07, 6.45) is -0.922. The fourth-order valence-electron chi connectivity index (χ4n) is 4.20. The summed E-state index contributed by atoms with van der Waals surface area (Å²) in [5.41, 5.74) is -1.41. The maximum absolute atomic E-state index is 13.1. The summed E-state index contributed by atoms with van der Waals surface area (Å²) < 4.78 is 5.20. The van der Waals surface area contributed by atoms with Gasteiger partial charge in [0.25, 0.3) is 0 Å². The Morgan fingerprint density at radius 2 is 1.68 bits per heavy atom. The van der Waals surface area contributed by atoms with Crippen molar-refractivity contribution in [3.63, 3.8) is 0 Å². The van der Waals surface area contributed by atoms with Crippen LogP contribution in [0.15, 0.2) is 18.2 Å². The van der Waals surface area contributed by atoms with Crippen LogP contribution in [0.4, 0.5) is 0 Å². The average molecular weight is 384 g/mol. The zero-order valence-electron chi connectivity index (χ0n) is 15.4. The quantitative estimate of drug-likeness (QED) is 0.493. The van der Waals surface area contributed by atoms with Crippen LogP contribution in [-0.2, 0) is 12.8 Å². The summed E-state index contributed by atoms with van der Waals surface area (Å²) in [6.45, 7) is 1.44. The van der Waals surface area contributed by atoms with Gasteiger partial charge in [0.15, 0.2) is 5.78 Å². The number of rotatable bonds is 2. The van der Waals surface area contributed by atoms with Crippen LogP contribution in [0.2, 0.25) is 0 Å². The number of ether oxygens (including phenoxy) is 1. The molecule has 2 aromatic rings. The van der Waals surface area contributed by atoms with Gasteiger partial charge in [-0.15, -0.1) is 0 Å². The molecule has 0 amide bonds. The van der Waals surface area contributed by atoms with Crippen molar-refractivity contribution in [2.75, 3.05) is 7.11 Å². The van der Waals surface area contributed by atoms with Gasteiger partial charge in [-0.25, -0.2) is 0 Å². The van der Waals surface area contributed by atoms with Gasteiger partial charge in [-0.05, 0) is 25.8 Å². The zero-order valence-corrected chi connectivity index (χ0v) is 15.4. The molecule has 0 radical (unpaired) electrons. The number of hydrogen-bond acceptors (Lipinski definition) is 7. The first-order valence-corrected chi connectivity index (χ1v) is 8.97. The van der Waals surface area contributed by atoms with Crippen LogP contribution >= 0.6 is 0 Å². The Bertz CT molecular complexity index is 1040. The van der Waals surface area contributed by atoms with Crippen LogP contribution in [0.25, 0.3) is 0 Å². The molecule has 1 unspecified atom stereocenters. The largest absolute Gasteiger partial charge is 0.507 e. The van der Waals surface area contributed by atoms with Crippen LogP contribution in [0.1, 0.15) is 56.3 Å². The van der Waals surface area contributed by atoms with E-state index >= 15 is 0 Å². The molecule has 2 aliphatic rings. The first kappa shape index (κ1) is 18.5. The summed E-state index contributed by atoms with van der Waals surface area (Å²) >= 11 is 0. The number of ketones is 2. The van der Waals surface area contributed by atoms with Crippen LogP contribution in [0, 0.1) is 0 Å². The van der Waals surface area contributed by atoms with Crippen LogP contribution in [0.3, 0.4) is 0 Å². The molecular weight excluding hydrogens is 364 g/mol. The SMILES string of the molecule is COc1cccc2c1C(=O)c1c(O)c3c(c(O)c1C2=O)C[C@](O)(C(C)O)CC3. The summed E-state index contributed by atoms with van der Waals surface area (Å²) in [4.78, 5) is 26.2. The van der Waals surface area contributed by atoms with Crippen molar-refractivity contribution >= 4 is 11.6 Å². The van der Waals surface area contributed by atoms with Crippen LogP contribution in [0.5, 0.6) is 17.2 Å². The topological polar surface area (TPSA) is 124 Å². The predicted octanol–water partition coefficient (Wildman–Crippen LogP) is 1.48. The van der Waals surface area contributed by atoms with Gasteiger partial charge in [-0.1, -0.05) is 12.1 Å². The Kier molecular flexibility index (Phi) is 3.99. The molecule has 28 heavy (non-hydrogen) atoms. The van der Waals surface area contributed by atoms with E-state index in [0.717, 1.165) is 0 Å². The second kappa shape index (κ2) is 6.05. The van der Waals surface area contributed by atoms with Crippen LogP contribution < -0.4 is 4.74 Å². The summed E-state index contributed by atoms with van der Waals surface area (Å²) in [5.74, 6) is -1.81. The van der Waals surface area contributed by atoms with Crippen molar-refractivity contribution in [2.45, 2.75) is 37.9 Å². The van der Waals surface area contributed by atoms with E-state index in [2.05, 4.69) is 0 Å². The molecule has 0 fully saturated rings. The molecule has 0 bridgehead atoms. The first-order valence-electron chi connectivity index (χ1n) is 8.97. The molecule has 2 atom stereocenters. The maximum Gasteiger partial charge on any atom is 0.202 e. The highest BCUT2D eigenvalue weighted by molar-refractivity contribution is 6.31. The number of benzene rings is 2. The highest BCUT2D eigenvalue weighted by atomic mass is 16.5. The lowest BCUT2D eigenvalue weighted by Gasteiger charge is -2.37. The number of aliphatic hydroxyl groups is 2. The first-order chi connectivity index (χ1) is 13.2. The van der Waals surface area contributed by atoms with Crippen LogP contribution in [-0.4, -0.2) is 50.8 Å². The second-order valence-corrected chi connectivity index (χ2v) is 7.40. The number of hydrogen-bond donors (Lipinski definition) is 4. The van der Waals surface area contributed by atoms with E-state index in [9.17, 15) is 30.0 Å². The number of aromatic hydroxyl groups is 2. The molecule has 4 N–H and O–H groups in total. The highest BCUT2D eigenvalue weighted by Crippen LogP contribution is 2.48. The van der Waals surface area contributed by atoms with Gasteiger partial charge in [0.2, 0.25) is 5.78 Å². The summed E-state index contributed by atoms with van der Waals surface area (Å²) in [7, 11) is 1.38. The molecule has 0 saturated carbocycles. The van der Waals surface area contributed by atoms with Gasteiger partial charge in [-0.3, -0.25) is 9.59 Å². The number of methoxy groups -OCH3 is 1. The predicted molar refractivity (Wildman–Crippen MR) is 98.3 cm³/mol. The third kappa shape index (κ3) is 2.30. The lowest BCUT2D eigenvalue weighted by Crippen LogP contribution is -2.45. The Morgan fingerprint density at radius 3 is 2.32 bits per heavy atom. The van der Waals surface area contributed by atoms with E-state index in [4.69, 9.17) is 4.74 Å². The van der Waals surface area contributed by atoms with Crippen molar-refractivity contribution in [3.8, 4) is 17.2 Å². The Labute approximate surface area is 160 Å². The normalized spacial score (nSPS) is 21.6. The van der Waals surface area contributed by atoms with E-state index in [1.54, 1.807) is 12.1 Å². The maximum atomic E-state index is 13.1. The molecule has 7 heteroatoms. The molecule has 2 aliphatic carbocycles. The second-order valence-electron chi connectivity index (χ2n) is 7.40. The van der Waals surface area contributed by atoms with Crippen molar-refractivity contribution in [1.29, 1.82) is 0 Å². The van der Waals surface area contributed by atoms with Gasteiger partial charge in [-0.2, -0.15) is 0 Å². The molecule has 0 aliphatic heterocycles. The van der Waals surface area contributed by atoms with Crippen molar-refractivity contribution in [2.24, 2.45) is 0 Å². The fourth-order valence-corrected chi connectivity index (χ4v) is 4.20. The molecular formula is C21H20O7. The van der Waals surface area contributed by atoms with Gasteiger partial charge < -0.3 is 25.2 Å². The number of fused-ring (bicyclic) bond motifs is 3. The van der Waals surface area contributed by atoms with Crippen molar-refractivity contribution < 1.29 is 34.8 Å². The van der Waals surface area contributed by atoms with E-state index in [1.165, 1.54) is 20.1 Å². The molecule has 0 heterocycles. The number of phenols is 2. The van der Waals surface area contributed by atoms with Gasteiger partial charge in [0.1, 0.15) is 17.2 Å². The minimum Gasteiger partial charge on any atom is -0.507 e. The minimum absolute atomic E-state index is 0.0495. The lowest BCUT2D eigenvalue weighted by molar-refractivity contribution is -0.0748. The summed E-state index contributed by atoms with van der Waals surface area (Å²) in [5, 5.41) is 42.2. The van der Waals surface area contributed by atoms with Crippen molar-refractivity contribution in [1.82, 2.24) is 0 Å². The van der Waals surface area contributed by atoms with E-state index in [1.807, 2.05) is 0 Å². The van der Waals surface area contributed by atoms with Crippen molar-refractivity contribution in [3.05, 3.63) is 51.6 Å². The zero-order chi connectivity index (χ0) is 20.4. The van der Waals surface area contributed by atoms with Gasteiger partial charge >= 0.3 is 0 Å². The molecule has 146 valence electrons. The summed E-state index contributed by atoms with van der Waals surface area (Å²) in [6, 6.07) is 4.57. The third-order valence-electron chi connectivity index (χ3n) is 5.90. The molecule has 0 aromatic heterocycles. The fraction of sp³-hybridized carbons (Fsp3) is 0.333. The highest BCUT2D eigenvalue weighted by Gasteiger charge is 2.44.